The summed E-state index contributed by atoms with van der Waals surface area (Å²) in [5, 5.41) is 17.3. The van der Waals surface area contributed by atoms with Gasteiger partial charge in [0.25, 0.3) is 0 Å². The number of aromatic hydroxyl groups is 1. The predicted octanol–water partition coefficient (Wildman–Crippen LogP) is 2.72. The molecule has 0 spiro atoms. The highest BCUT2D eigenvalue weighted by molar-refractivity contribution is 6.20. The number of nitrogens with zero attached hydrogens (tertiary/aromatic N) is 3. The molecule has 0 aliphatic heterocycles. The second-order valence-electron chi connectivity index (χ2n) is 3.89. The second-order valence-corrected chi connectivity index (χ2v) is 4.41. The van der Waals surface area contributed by atoms with Crippen LogP contribution in [-0.4, -0.2) is 20.1 Å². The first-order valence-corrected chi connectivity index (χ1v) is 5.94. The first-order chi connectivity index (χ1) is 8.19. The smallest absolute Gasteiger partial charge is 0.115 e. The van der Waals surface area contributed by atoms with Crippen LogP contribution in [0.15, 0.2) is 30.5 Å². The van der Waals surface area contributed by atoms with Gasteiger partial charge in [0.15, 0.2) is 0 Å². The average molecular weight is 252 g/mol. The number of phenols is 1. The van der Waals surface area contributed by atoms with Gasteiger partial charge in [-0.05, 0) is 24.1 Å². The Bertz CT molecular complexity index is 498. The molecule has 0 fully saturated rings. The van der Waals surface area contributed by atoms with Crippen molar-refractivity contribution in [1.82, 2.24) is 15.0 Å². The summed E-state index contributed by atoms with van der Waals surface area (Å²) >= 11 is 6.08. The molecule has 2 aromatic rings. The van der Waals surface area contributed by atoms with Gasteiger partial charge < -0.3 is 5.11 Å². The lowest BCUT2D eigenvalue weighted by molar-refractivity contribution is 0.474. The number of rotatable bonds is 4. The van der Waals surface area contributed by atoms with Gasteiger partial charge in [0.05, 0.1) is 18.1 Å². The Morgan fingerprint density at radius 3 is 3.00 bits per heavy atom. The van der Waals surface area contributed by atoms with Gasteiger partial charge >= 0.3 is 0 Å². The number of phenolic OH excluding ortho intramolecular Hbond substituents is 1. The summed E-state index contributed by atoms with van der Waals surface area (Å²) in [6, 6.07) is 7.08. The maximum absolute atomic E-state index is 9.36. The van der Waals surface area contributed by atoms with E-state index in [2.05, 4.69) is 10.3 Å². The molecular weight excluding hydrogens is 238 g/mol. The highest BCUT2D eigenvalue weighted by atomic mass is 35.5. The minimum absolute atomic E-state index is 0.0899. The number of benzene rings is 1. The van der Waals surface area contributed by atoms with Gasteiger partial charge in [-0.1, -0.05) is 24.3 Å². The molecule has 0 radical (unpaired) electrons. The van der Waals surface area contributed by atoms with Gasteiger partial charge in [-0.3, -0.25) is 0 Å². The maximum Gasteiger partial charge on any atom is 0.115 e. The molecule has 0 saturated heterocycles. The quantitative estimate of drug-likeness (QED) is 0.850. The first kappa shape index (κ1) is 11.9. The lowest BCUT2D eigenvalue weighted by Gasteiger charge is -2.01. The molecular formula is C12H14ClN3O. The second kappa shape index (κ2) is 5.19. The molecule has 5 heteroatoms. The van der Waals surface area contributed by atoms with Crippen LogP contribution in [0.2, 0.25) is 0 Å². The molecule has 1 heterocycles. The van der Waals surface area contributed by atoms with E-state index in [1.807, 2.05) is 19.2 Å². The lowest BCUT2D eigenvalue weighted by Crippen LogP contribution is -2.00. The summed E-state index contributed by atoms with van der Waals surface area (Å²) in [4.78, 5) is 0. The normalized spacial score (nSPS) is 12.6. The zero-order chi connectivity index (χ0) is 12.3. The molecule has 1 N–H and O–H groups in total. The van der Waals surface area contributed by atoms with Crippen molar-refractivity contribution in [2.24, 2.45) is 0 Å². The van der Waals surface area contributed by atoms with E-state index in [9.17, 15) is 5.11 Å². The minimum atomic E-state index is -0.0899. The maximum atomic E-state index is 9.36. The van der Waals surface area contributed by atoms with Crippen molar-refractivity contribution in [3.05, 3.63) is 41.7 Å². The van der Waals surface area contributed by atoms with Crippen molar-refractivity contribution in [2.75, 3.05) is 0 Å². The fourth-order valence-corrected chi connectivity index (χ4v) is 1.69. The molecule has 4 nitrogen and oxygen atoms in total. The first-order valence-electron chi connectivity index (χ1n) is 5.51. The summed E-state index contributed by atoms with van der Waals surface area (Å²) in [5.41, 5.74) is 1.76. The molecule has 2 rings (SSSR count). The third-order valence-electron chi connectivity index (χ3n) is 2.49. The Morgan fingerprint density at radius 2 is 2.29 bits per heavy atom. The fourth-order valence-electron chi connectivity index (χ4n) is 1.59. The van der Waals surface area contributed by atoms with Crippen molar-refractivity contribution in [1.29, 1.82) is 0 Å². The van der Waals surface area contributed by atoms with Crippen molar-refractivity contribution in [2.45, 2.75) is 25.3 Å². The topological polar surface area (TPSA) is 50.9 Å². The highest BCUT2D eigenvalue weighted by Gasteiger charge is 2.09. The van der Waals surface area contributed by atoms with E-state index in [1.165, 1.54) is 0 Å². The van der Waals surface area contributed by atoms with Gasteiger partial charge in [0, 0.05) is 0 Å². The van der Waals surface area contributed by atoms with Crippen LogP contribution in [0.25, 0.3) is 0 Å². The Hall–Kier alpha value is -1.55. The van der Waals surface area contributed by atoms with Gasteiger partial charge in [0.2, 0.25) is 0 Å². The van der Waals surface area contributed by atoms with E-state index in [-0.39, 0.29) is 11.1 Å². The molecule has 0 aliphatic carbocycles. The molecule has 0 saturated carbocycles. The van der Waals surface area contributed by atoms with Crippen LogP contribution in [-0.2, 0) is 6.54 Å². The number of alkyl halides is 1. The Balaban J connectivity index is 2.11. The van der Waals surface area contributed by atoms with E-state index in [1.54, 1.807) is 22.9 Å². The molecule has 90 valence electrons. The minimum Gasteiger partial charge on any atom is -0.508 e. The molecule has 0 bridgehead atoms. The third kappa shape index (κ3) is 2.97. The SMILES string of the molecule is CCC(Cl)c1cn(Cc2cccc(O)c2)nn1. The molecule has 1 unspecified atom stereocenters. The monoisotopic (exact) mass is 251 g/mol. The Labute approximate surface area is 105 Å². The van der Waals surface area contributed by atoms with Crippen molar-refractivity contribution in [3.63, 3.8) is 0 Å². The van der Waals surface area contributed by atoms with Gasteiger partial charge in [-0.15, -0.1) is 16.7 Å². The zero-order valence-corrected chi connectivity index (χ0v) is 10.3. The van der Waals surface area contributed by atoms with Crippen molar-refractivity contribution < 1.29 is 5.11 Å². The van der Waals surface area contributed by atoms with Crippen LogP contribution < -0.4 is 0 Å². The molecule has 17 heavy (non-hydrogen) atoms. The zero-order valence-electron chi connectivity index (χ0n) is 9.55. The van der Waals surface area contributed by atoms with E-state index in [0.717, 1.165) is 17.7 Å². The summed E-state index contributed by atoms with van der Waals surface area (Å²) in [6.45, 7) is 2.58. The van der Waals surface area contributed by atoms with Gasteiger partial charge in [-0.25, -0.2) is 4.68 Å². The van der Waals surface area contributed by atoms with Crippen LogP contribution in [0.3, 0.4) is 0 Å². The molecule has 0 amide bonds. The molecule has 1 aromatic carbocycles. The predicted molar refractivity (Wildman–Crippen MR) is 66.1 cm³/mol. The number of halogens is 1. The summed E-state index contributed by atoms with van der Waals surface area (Å²) in [5.74, 6) is 0.256. The summed E-state index contributed by atoms with van der Waals surface area (Å²) in [6.07, 6.45) is 2.66. The number of hydrogen-bond acceptors (Lipinski definition) is 3. The van der Waals surface area contributed by atoms with Crippen LogP contribution in [0.1, 0.15) is 30.0 Å². The Kier molecular flexibility index (Phi) is 3.64. The molecule has 0 aliphatic rings. The standard InChI is InChI=1S/C12H14ClN3O/c1-2-11(13)12-8-16(15-14-12)7-9-4-3-5-10(17)6-9/h3-6,8,11,17H,2,7H2,1H3. The highest BCUT2D eigenvalue weighted by Crippen LogP contribution is 2.21. The van der Waals surface area contributed by atoms with E-state index < -0.39 is 0 Å². The van der Waals surface area contributed by atoms with Crippen molar-refractivity contribution in [3.8, 4) is 5.75 Å². The van der Waals surface area contributed by atoms with Crippen LogP contribution in [0, 0.1) is 0 Å². The third-order valence-corrected chi connectivity index (χ3v) is 3.02. The van der Waals surface area contributed by atoms with E-state index >= 15 is 0 Å². The van der Waals surface area contributed by atoms with Gasteiger partial charge in [-0.2, -0.15) is 0 Å². The summed E-state index contributed by atoms with van der Waals surface area (Å²) in [7, 11) is 0. The van der Waals surface area contributed by atoms with Crippen LogP contribution in [0.5, 0.6) is 5.75 Å². The molecule has 1 aromatic heterocycles. The van der Waals surface area contributed by atoms with E-state index in [0.29, 0.717) is 6.54 Å². The molecule has 1 atom stereocenters. The van der Waals surface area contributed by atoms with E-state index in [4.69, 9.17) is 11.6 Å². The summed E-state index contributed by atoms with van der Waals surface area (Å²) < 4.78 is 1.72. The van der Waals surface area contributed by atoms with Gasteiger partial charge in [0.1, 0.15) is 11.4 Å². The largest absolute Gasteiger partial charge is 0.508 e. The van der Waals surface area contributed by atoms with Crippen molar-refractivity contribution >= 4 is 11.6 Å². The Morgan fingerprint density at radius 1 is 1.47 bits per heavy atom. The fraction of sp³-hybridized carbons (Fsp3) is 0.333. The van der Waals surface area contributed by atoms with Crippen LogP contribution in [0.4, 0.5) is 0 Å². The van der Waals surface area contributed by atoms with Crippen LogP contribution >= 0.6 is 11.6 Å². The number of aromatic nitrogens is 3. The lowest BCUT2D eigenvalue weighted by atomic mass is 10.2. The average Bonchev–Trinajstić information content (AvgIpc) is 2.76. The number of hydrogen-bond donors (Lipinski definition) is 1.